The van der Waals surface area contributed by atoms with Crippen LogP contribution in [0, 0.1) is 64.1 Å². The minimum absolute atomic E-state index is 0.0000504. The van der Waals surface area contributed by atoms with Crippen LogP contribution >= 0.6 is 0 Å². The Bertz CT molecular complexity index is 961. The van der Waals surface area contributed by atoms with Crippen molar-refractivity contribution in [3.63, 3.8) is 0 Å². The van der Waals surface area contributed by atoms with Crippen molar-refractivity contribution in [1.29, 1.82) is 5.26 Å². The summed E-state index contributed by atoms with van der Waals surface area (Å²) >= 11 is 0. The van der Waals surface area contributed by atoms with Gasteiger partial charge in [0.05, 0.1) is 11.8 Å². The Morgan fingerprint density at radius 2 is 2.06 bits per heavy atom. The van der Waals surface area contributed by atoms with E-state index in [0.29, 0.717) is 17.4 Å². The molecule has 9 atom stereocenters. The first-order chi connectivity index (χ1) is 15.9. The van der Waals surface area contributed by atoms with E-state index in [2.05, 4.69) is 31.6 Å². The van der Waals surface area contributed by atoms with Gasteiger partial charge in [-0.2, -0.15) is 10.4 Å². The molecule has 5 nitrogen and oxygen atoms in total. The number of carbonyl (C=O) groups is 1. The molecule has 0 amide bonds. The standard InChI is InChI=1S/C28H39N3O2/c1-17-18(2)27(25(32)15-31-14-20(12-29)13-30-31)28(3)10-9-23-22-7-5-19(16-33-4)11-21(22)6-8-24(23)26(17)28/h13-14,17,19,21-24,26-27H,2,5-11,15-16H2,1,3-4H3/t17?,19-,21+,22-,23+,24+,26-,27+,28-/m0/s1. The van der Waals surface area contributed by atoms with Crippen LogP contribution in [0.15, 0.2) is 24.5 Å². The first-order valence-electron chi connectivity index (χ1n) is 13.0. The van der Waals surface area contributed by atoms with Crippen molar-refractivity contribution in [2.45, 2.75) is 65.3 Å². The molecule has 4 aliphatic rings. The number of hydrogen-bond donors (Lipinski definition) is 0. The van der Waals surface area contributed by atoms with E-state index in [1.165, 1.54) is 44.7 Å². The second-order valence-corrected chi connectivity index (χ2v) is 11.8. The van der Waals surface area contributed by atoms with Gasteiger partial charge in [-0.25, -0.2) is 0 Å². The van der Waals surface area contributed by atoms with Crippen LogP contribution in [0.5, 0.6) is 0 Å². The molecule has 0 aliphatic heterocycles. The molecule has 1 aromatic heterocycles. The van der Waals surface area contributed by atoms with Crippen molar-refractivity contribution in [1.82, 2.24) is 9.78 Å². The lowest BCUT2D eigenvalue weighted by Crippen LogP contribution is -2.50. The van der Waals surface area contributed by atoms with Gasteiger partial charge in [-0.3, -0.25) is 9.48 Å². The third kappa shape index (κ3) is 3.70. The second-order valence-electron chi connectivity index (χ2n) is 11.8. The number of ketones is 1. The van der Waals surface area contributed by atoms with Crippen molar-refractivity contribution in [2.75, 3.05) is 13.7 Å². The highest BCUT2D eigenvalue weighted by molar-refractivity contribution is 5.85. The number of aromatic nitrogens is 2. The number of allylic oxidation sites excluding steroid dienone is 1. The Hall–Kier alpha value is -1.93. The van der Waals surface area contributed by atoms with Gasteiger partial charge in [-0.15, -0.1) is 0 Å². The van der Waals surface area contributed by atoms with Crippen LogP contribution in [0.4, 0.5) is 0 Å². The molecule has 5 heteroatoms. The zero-order valence-corrected chi connectivity index (χ0v) is 20.5. The van der Waals surface area contributed by atoms with Gasteiger partial charge >= 0.3 is 0 Å². The molecule has 1 aromatic rings. The fraction of sp³-hybridized carbons (Fsp3) is 0.750. The molecular weight excluding hydrogens is 410 g/mol. The highest BCUT2D eigenvalue weighted by Crippen LogP contribution is 2.67. The first kappa shape index (κ1) is 22.8. The molecule has 0 bridgehead atoms. The van der Waals surface area contributed by atoms with Crippen LogP contribution in [0.1, 0.15) is 64.4 Å². The molecule has 0 N–H and O–H groups in total. The maximum atomic E-state index is 13.6. The van der Waals surface area contributed by atoms with E-state index < -0.39 is 0 Å². The second kappa shape index (κ2) is 8.69. The minimum atomic E-state index is -0.0941. The molecule has 1 unspecified atom stereocenters. The third-order valence-corrected chi connectivity index (χ3v) is 10.3. The zero-order valence-electron chi connectivity index (χ0n) is 20.5. The Labute approximate surface area is 198 Å². The fourth-order valence-corrected chi connectivity index (χ4v) is 9.14. The van der Waals surface area contributed by atoms with E-state index in [9.17, 15) is 4.79 Å². The molecule has 1 heterocycles. The van der Waals surface area contributed by atoms with Crippen molar-refractivity contribution >= 4 is 5.78 Å². The summed E-state index contributed by atoms with van der Waals surface area (Å²) in [5.74, 6) is 5.11. The first-order valence-corrected chi connectivity index (χ1v) is 13.0. The van der Waals surface area contributed by atoms with E-state index in [-0.39, 0.29) is 23.7 Å². The summed E-state index contributed by atoms with van der Waals surface area (Å²) in [6.45, 7) is 10.4. The average molecular weight is 450 g/mol. The molecule has 0 aromatic carbocycles. The topological polar surface area (TPSA) is 67.9 Å². The van der Waals surface area contributed by atoms with Gasteiger partial charge in [-0.05, 0) is 91.8 Å². The van der Waals surface area contributed by atoms with Crippen molar-refractivity contribution < 1.29 is 9.53 Å². The highest BCUT2D eigenvalue weighted by Gasteiger charge is 2.62. The van der Waals surface area contributed by atoms with Gasteiger partial charge in [0.2, 0.25) is 0 Å². The van der Waals surface area contributed by atoms with Crippen molar-refractivity contribution in [3.8, 4) is 6.07 Å². The van der Waals surface area contributed by atoms with E-state index >= 15 is 0 Å². The molecule has 178 valence electrons. The number of Topliss-reactive ketones (excluding diaryl/α,β-unsaturated/α-hetero) is 1. The normalized spacial score (nSPS) is 42.2. The number of carbonyl (C=O) groups excluding carboxylic acids is 1. The summed E-state index contributed by atoms with van der Waals surface area (Å²) < 4.78 is 7.11. The number of fused-ring (bicyclic) bond motifs is 5. The molecule has 4 aliphatic carbocycles. The predicted octanol–water partition coefficient (Wildman–Crippen LogP) is 5.27. The number of ether oxygens (including phenoxy) is 1. The predicted molar refractivity (Wildman–Crippen MR) is 127 cm³/mol. The van der Waals surface area contributed by atoms with Gasteiger partial charge in [-0.1, -0.05) is 26.0 Å². The van der Waals surface area contributed by atoms with Gasteiger partial charge in [0, 0.05) is 25.8 Å². The smallest absolute Gasteiger partial charge is 0.161 e. The van der Waals surface area contributed by atoms with Gasteiger partial charge in [0.1, 0.15) is 12.6 Å². The summed E-state index contributed by atoms with van der Waals surface area (Å²) in [6.07, 6.45) is 12.3. The van der Waals surface area contributed by atoms with E-state index in [4.69, 9.17) is 10.00 Å². The quantitative estimate of drug-likeness (QED) is 0.575. The van der Waals surface area contributed by atoms with Crippen molar-refractivity contribution in [3.05, 3.63) is 30.1 Å². The van der Waals surface area contributed by atoms with E-state index in [1.807, 2.05) is 7.11 Å². The fourth-order valence-electron chi connectivity index (χ4n) is 9.14. The number of nitrogens with zero attached hydrogens (tertiary/aromatic N) is 3. The van der Waals surface area contributed by atoms with Crippen LogP contribution < -0.4 is 0 Å². The van der Waals surface area contributed by atoms with Gasteiger partial charge < -0.3 is 4.74 Å². The lowest BCUT2D eigenvalue weighted by molar-refractivity contribution is -0.130. The zero-order chi connectivity index (χ0) is 23.3. The Kier molecular flexibility index (Phi) is 6.02. The molecular formula is C28H39N3O2. The summed E-state index contributed by atoms with van der Waals surface area (Å²) in [5, 5.41) is 13.3. The highest BCUT2D eigenvalue weighted by atomic mass is 16.5. The third-order valence-electron chi connectivity index (χ3n) is 10.3. The maximum Gasteiger partial charge on any atom is 0.161 e. The lowest BCUT2D eigenvalue weighted by atomic mass is 9.48. The molecule has 0 radical (unpaired) electrons. The monoisotopic (exact) mass is 449 g/mol. The summed E-state index contributed by atoms with van der Waals surface area (Å²) in [5.41, 5.74) is 1.65. The molecule has 4 saturated carbocycles. The summed E-state index contributed by atoms with van der Waals surface area (Å²) in [6, 6.07) is 2.10. The number of nitriles is 1. The summed E-state index contributed by atoms with van der Waals surface area (Å²) in [4.78, 5) is 13.6. The van der Waals surface area contributed by atoms with E-state index in [0.717, 1.165) is 48.2 Å². The molecule has 4 fully saturated rings. The maximum absolute atomic E-state index is 13.6. The molecule has 0 spiro atoms. The molecule has 5 rings (SSSR count). The average Bonchev–Trinajstić information content (AvgIpc) is 3.33. The Balaban J connectivity index is 1.35. The van der Waals surface area contributed by atoms with Gasteiger partial charge in [0.15, 0.2) is 5.78 Å². The number of rotatable bonds is 5. The Morgan fingerprint density at radius 3 is 2.79 bits per heavy atom. The minimum Gasteiger partial charge on any atom is -0.384 e. The number of methoxy groups -OCH3 is 1. The SMILES string of the molecule is C=C1C(C)[C@H]2[C@@H]3CC[C@@H]4C[C@@H](COC)CC[C@@H]4[C@H]3CC[C@]2(C)[C@H]1C(=O)Cn1cc(C#N)cn1. The number of hydrogen-bond acceptors (Lipinski definition) is 4. The molecule has 33 heavy (non-hydrogen) atoms. The Morgan fingerprint density at radius 1 is 1.27 bits per heavy atom. The van der Waals surface area contributed by atoms with Crippen LogP contribution in [0.2, 0.25) is 0 Å². The molecule has 0 saturated heterocycles. The largest absolute Gasteiger partial charge is 0.384 e. The van der Waals surface area contributed by atoms with E-state index in [1.54, 1.807) is 10.9 Å². The van der Waals surface area contributed by atoms with Crippen LogP contribution in [0.3, 0.4) is 0 Å². The van der Waals surface area contributed by atoms with Crippen molar-refractivity contribution in [2.24, 2.45) is 52.8 Å². The lowest BCUT2D eigenvalue weighted by Gasteiger charge is -2.56. The van der Waals surface area contributed by atoms with Crippen LogP contribution in [0.25, 0.3) is 0 Å². The van der Waals surface area contributed by atoms with Crippen LogP contribution in [-0.2, 0) is 16.1 Å². The van der Waals surface area contributed by atoms with Gasteiger partial charge in [0.25, 0.3) is 0 Å². The summed E-state index contributed by atoms with van der Waals surface area (Å²) in [7, 11) is 1.84. The van der Waals surface area contributed by atoms with Crippen LogP contribution in [-0.4, -0.2) is 29.3 Å².